The molecule has 0 unspecified atom stereocenters. The van der Waals surface area contributed by atoms with E-state index in [1.165, 1.54) is 7.11 Å². The van der Waals surface area contributed by atoms with Crippen molar-refractivity contribution in [2.75, 3.05) is 20.2 Å². The number of nitrogens with one attached hydrogen (secondary N) is 4. The molecule has 3 aromatic carbocycles. The Kier molecular flexibility index (Phi) is 9.99. The second kappa shape index (κ2) is 15.5. The van der Waals surface area contributed by atoms with Gasteiger partial charge >= 0.3 is 6.09 Å². The lowest BCUT2D eigenvalue weighted by Gasteiger charge is -2.28. The number of rotatable bonds is 10. The van der Waals surface area contributed by atoms with Gasteiger partial charge in [-0.1, -0.05) is 78.9 Å². The first-order valence-electron chi connectivity index (χ1n) is 18.7. The molecule has 0 aliphatic carbocycles. The number of aromatic amines is 3. The summed E-state index contributed by atoms with van der Waals surface area (Å²) in [6.45, 7) is 3.21. The number of hydrogen-bond acceptors (Lipinski definition) is 7. The summed E-state index contributed by atoms with van der Waals surface area (Å²) < 4.78 is 4.82. The summed E-state index contributed by atoms with van der Waals surface area (Å²) in [7, 11) is 1.28. The Morgan fingerprint density at radius 3 is 1.87 bits per heavy atom. The molecular formula is C42H43N9O4. The first-order valence-corrected chi connectivity index (χ1v) is 18.7. The fourth-order valence-electron chi connectivity index (χ4n) is 7.75. The van der Waals surface area contributed by atoms with E-state index in [-0.39, 0.29) is 30.3 Å². The van der Waals surface area contributed by atoms with Crippen LogP contribution in [0, 0.1) is 6.92 Å². The van der Waals surface area contributed by atoms with Gasteiger partial charge < -0.3 is 29.8 Å². The summed E-state index contributed by atoms with van der Waals surface area (Å²) in [5.74, 6) is 1.37. The van der Waals surface area contributed by atoms with E-state index in [0.717, 1.165) is 76.5 Å². The zero-order valence-electron chi connectivity index (χ0n) is 30.8. The van der Waals surface area contributed by atoms with E-state index in [1.807, 2.05) is 54.4 Å². The predicted octanol–water partition coefficient (Wildman–Crippen LogP) is 6.83. The maximum Gasteiger partial charge on any atom is 0.407 e. The van der Waals surface area contributed by atoms with Crippen LogP contribution in [0.25, 0.3) is 33.6 Å². The molecule has 0 spiro atoms. The highest BCUT2D eigenvalue weighted by molar-refractivity contribution is 5.87. The molecule has 13 heteroatoms. The number of benzene rings is 3. The van der Waals surface area contributed by atoms with Crippen molar-refractivity contribution in [1.82, 2.24) is 45.2 Å². The van der Waals surface area contributed by atoms with Gasteiger partial charge in [0, 0.05) is 18.8 Å². The molecule has 6 aromatic rings. The molecule has 0 bridgehead atoms. The highest BCUT2D eigenvalue weighted by atomic mass is 16.5. The second-order valence-electron chi connectivity index (χ2n) is 14.2. The van der Waals surface area contributed by atoms with Crippen LogP contribution in [0.4, 0.5) is 4.79 Å². The van der Waals surface area contributed by atoms with Gasteiger partial charge in [0.05, 0.1) is 55.1 Å². The van der Waals surface area contributed by atoms with Gasteiger partial charge in [0.15, 0.2) is 0 Å². The predicted molar refractivity (Wildman–Crippen MR) is 206 cm³/mol. The van der Waals surface area contributed by atoms with Crippen LogP contribution >= 0.6 is 0 Å². The molecule has 3 aromatic heterocycles. The number of H-pyrrole nitrogens is 3. The van der Waals surface area contributed by atoms with Crippen LogP contribution in [0.5, 0.6) is 0 Å². The van der Waals surface area contributed by atoms with Crippen LogP contribution in [-0.4, -0.2) is 78.0 Å². The van der Waals surface area contributed by atoms with Gasteiger partial charge in [-0.05, 0) is 66.5 Å². The van der Waals surface area contributed by atoms with Crippen molar-refractivity contribution in [2.24, 2.45) is 0 Å². The van der Waals surface area contributed by atoms with Gasteiger partial charge in [-0.25, -0.2) is 14.8 Å². The Bertz CT molecular complexity index is 2280. The number of ether oxygens (including phenoxy) is 1. The fourth-order valence-corrected chi connectivity index (χ4v) is 7.75. The summed E-state index contributed by atoms with van der Waals surface area (Å²) in [6.07, 6.45) is 6.66. The molecule has 2 fully saturated rings. The SMILES string of the molecule is COC(=O)N[C@@H](C(=O)N1CCC[C@H]1c1ncc(-c2ccc(-c3ccc(-c4cnc([C@@H]5CCCN5C(=O)Cc5cc(C)[nH]n5)[nH]4)cc3)cc2)[nH]1)c1ccccc1. The molecular weight excluding hydrogens is 695 g/mol. The summed E-state index contributed by atoms with van der Waals surface area (Å²) in [5.41, 5.74) is 8.30. The minimum absolute atomic E-state index is 0.0614. The number of amides is 3. The second-order valence-corrected chi connectivity index (χ2v) is 14.2. The maximum absolute atomic E-state index is 13.9. The van der Waals surface area contributed by atoms with E-state index in [0.29, 0.717) is 24.5 Å². The van der Waals surface area contributed by atoms with Crippen molar-refractivity contribution >= 4 is 17.9 Å². The van der Waals surface area contributed by atoms with Gasteiger partial charge in [-0.3, -0.25) is 14.7 Å². The van der Waals surface area contributed by atoms with Gasteiger partial charge in [0.1, 0.15) is 17.7 Å². The molecule has 280 valence electrons. The molecule has 4 N–H and O–H groups in total. The van der Waals surface area contributed by atoms with Crippen LogP contribution < -0.4 is 5.32 Å². The van der Waals surface area contributed by atoms with Gasteiger partial charge in [-0.15, -0.1) is 0 Å². The summed E-state index contributed by atoms with van der Waals surface area (Å²) in [6, 6.07) is 26.6. The smallest absolute Gasteiger partial charge is 0.407 e. The van der Waals surface area contributed by atoms with Gasteiger partial charge in [0.25, 0.3) is 5.91 Å². The van der Waals surface area contributed by atoms with Crippen LogP contribution in [0.2, 0.25) is 0 Å². The molecule has 2 saturated heterocycles. The molecule has 3 atom stereocenters. The third kappa shape index (κ3) is 7.50. The van der Waals surface area contributed by atoms with Crippen molar-refractivity contribution in [3.8, 4) is 33.6 Å². The van der Waals surface area contributed by atoms with Crippen molar-refractivity contribution in [2.45, 2.75) is 57.2 Å². The number of likely N-dealkylation sites (tertiary alicyclic amines) is 2. The van der Waals surface area contributed by atoms with Crippen molar-refractivity contribution in [3.63, 3.8) is 0 Å². The number of hydrogen-bond donors (Lipinski definition) is 4. The lowest BCUT2D eigenvalue weighted by atomic mass is 10.0. The highest BCUT2D eigenvalue weighted by Crippen LogP contribution is 2.35. The molecule has 0 radical (unpaired) electrons. The Labute approximate surface area is 318 Å². The molecule has 2 aliphatic heterocycles. The number of aromatic nitrogens is 6. The molecule has 5 heterocycles. The number of aryl methyl sites for hydroxylation is 1. The van der Waals surface area contributed by atoms with Crippen LogP contribution in [0.1, 0.15) is 72.4 Å². The van der Waals surface area contributed by atoms with Crippen molar-refractivity contribution < 1.29 is 19.1 Å². The van der Waals surface area contributed by atoms with E-state index in [2.05, 4.69) is 74.0 Å². The first kappa shape index (κ1) is 35.5. The van der Waals surface area contributed by atoms with Gasteiger partial charge in [-0.2, -0.15) is 5.10 Å². The summed E-state index contributed by atoms with van der Waals surface area (Å²) in [4.78, 5) is 59.2. The normalized spacial score (nSPS) is 17.3. The topological polar surface area (TPSA) is 165 Å². The average Bonchev–Trinajstić information content (AvgIpc) is 4.07. The fraction of sp³-hybridized carbons (Fsp3) is 0.286. The molecule has 13 nitrogen and oxygen atoms in total. The van der Waals surface area contributed by atoms with Crippen molar-refractivity contribution in [3.05, 3.63) is 126 Å². The third-order valence-electron chi connectivity index (χ3n) is 10.6. The number of carbonyl (C=O) groups excluding carboxylic acids is 3. The Morgan fingerprint density at radius 1 is 0.782 bits per heavy atom. The minimum Gasteiger partial charge on any atom is -0.453 e. The maximum atomic E-state index is 13.9. The highest BCUT2D eigenvalue weighted by Gasteiger charge is 2.37. The van der Waals surface area contributed by atoms with E-state index >= 15 is 0 Å². The van der Waals surface area contributed by atoms with Crippen LogP contribution in [-0.2, 0) is 20.7 Å². The number of carbonyl (C=O) groups is 3. The lowest BCUT2D eigenvalue weighted by molar-refractivity contribution is -0.134. The Balaban J connectivity index is 0.921. The lowest BCUT2D eigenvalue weighted by Crippen LogP contribution is -2.42. The van der Waals surface area contributed by atoms with E-state index < -0.39 is 12.1 Å². The zero-order chi connectivity index (χ0) is 37.9. The molecule has 0 saturated carbocycles. The molecule has 8 rings (SSSR count). The Morgan fingerprint density at radius 2 is 1.33 bits per heavy atom. The van der Waals surface area contributed by atoms with Crippen molar-refractivity contribution in [1.29, 1.82) is 0 Å². The van der Waals surface area contributed by atoms with Gasteiger partial charge in [0.2, 0.25) is 5.91 Å². The largest absolute Gasteiger partial charge is 0.453 e. The molecule has 3 amide bonds. The summed E-state index contributed by atoms with van der Waals surface area (Å²) in [5, 5.41) is 9.86. The zero-order valence-corrected chi connectivity index (χ0v) is 30.8. The minimum atomic E-state index is -0.870. The van der Waals surface area contributed by atoms with Crippen LogP contribution in [0.3, 0.4) is 0 Å². The van der Waals surface area contributed by atoms with E-state index in [4.69, 9.17) is 14.7 Å². The van der Waals surface area contributed by atoms with E-state index in [1.54, 1.807) is 11.1 Å². The molecule has 55 heavy (non-hydrogen) atoms. The van der Waals surface area contributed by atoms with Crippen LogP contribution in [0.15, 0.2) is 97.3 Å². The molecule has 2 aliphatic rings. The number of nitrogens with zero attached hydrogens (tertiary/aromatic N) is 5. The average molecular weight is 738 g/mol. The number of methoxy groups -OCH3 is 1. The standard InChI is InChI=1S/C42H43N9O4/c1-26-22-32(49-48-26)23-37(52)50-20-6-10-35(50)39-43-24-33(45-39)29-16-12-27(13-17-29)28-14-18-30(19-15-28)34-25-44-40(46-34)36-11-7-21-51(36)41(53)38(47-42(54)55-2)31-8-4-3-5-9-31/h3-5,8-9,12-19,22,24-25,35-36,38H,6-7,10-11,20-21,23H2,1-2H3,(H,43,45)(H,44,46)(H,47,54)(H,48,49)/t35-,36-,38+/m0/s1. The Hall–Kier alpha value is -6.50. The summed E-state index contributed by atoms with van der Waals surface area (Å²) >= 11 is 0. The van der Waals surface area contributed by atoms with E-state index in [9.17, 15) is 14.4 Å². The third-order valence-corrected chi connectivity index (χ3v) is 10.6. The number of imidazole rings is 2. The monoisotopic (exact) mass is 737 g/mol. The number of alkyl carbamates (subject to hydrolysis) is 1. The quantitative estimate of drug-likeness (QED) is 0.120. The first-order chi connectivity index (χ1) is 26.8.